The second-order valence-corrected chi connectivity index (χ2v) is 9.75. The summed E-state index contributed by atoms with van der Waals surface area (Å²) in [4.78, 5) is 57.7. The van der Waals surface area contributed by atoms with Crippen LogP contribution in [0.25, 0.3) is 0 Å². The molecule has 2 saturated heterocycles. The molecule has 0 saturated carbocycles. The number of fused-ring (bicyclic) bond motifs is 1. The van der Waals surface area contributed by atoms with Crippen molar-refractivity contribution in [2.45, 2.75) is 12.1 Å². The van der Waals surface area contributed by atoms with Crippen molar-refractivity contribution in [3.8, 4) is 11.5 Å². The normalized spacial score (nSPS) is 19.3. The monoisotopic (exact) mass is 583 g/mol. The molecule has 216 valence electrons. The lowest BCUT2D eigenvalue weighted by Crippen LogP contribution is -2.37. The first-order chi connectivity index (χ1) is 20.8. The zero-order chi connectivity index (χ0) is 30.2. The van der Waals surface area contributed by atoms with Gasteiger partial charge in [-0.2, -0.15) is 0 Å². The van der Waals surface area contributed by atoms with Gasteiger partial charge in [-0.05, 0) is 66.2 Å². The lowest BCUT2D eigenvalue weighted by Gasteiger charge is -2.29. The van der Waals surface area contributed by atoms with Gasteiger partial charge in [-0.15, -0.1) is 0 Å². The SMILES string of the molecule is COc1cc([C@H]2[C@@H]3C(=O)N(c4ccc([N+](=O)[O-])cc4)C(=O)[C@H]3ON2c2ccccc2)ccc1OC(=O)c1ccc(F)cc1. The molecule has 0 spiro atoms. The molecule has 4 aromatic rings. The van der Waals surface area contributed by atoms with Crippen LogP contribution in [0.1, 0.15) is 22.0 Å². The summed E-state index contributed by atoms with van der Waals surface area (Å²) >= 11 is 0. The van der Waals surface area contributed by atoms with Crippen LogP contribution < -0.4 is 19.4 Å². The Morgan fingerprint density at radius 3 is 2.23 bits per heavy atom. The van der Waals surface area contributed by atoms with Gasteiger partial charge in [0, 0.05) is 12.1 Å². The third kappa shape index (κ3) is 4.93. The molecule has 2 aliphatic rings. The van der Waals surface area contributed by atoms with E-state index in [1.807, 2.05) is 6.07 Å². The average Bonchev–Trinajstić information content (AvgIpc) is 3.53. The number of amides is 2. The number of nitrogens with zero attached hydrogens (tertiary/aromatic N) is 3. The number of halogens is 1. The maximum atomic E-state index is 13.9. The van der Waals surface area contributed by atoms with Crippen molar-refractivity contribution in [1.29, 1.82) is 0 Å². The minimum atomic E-state index is -1.17. The van der Waals surface area contributed by atoms with Gasteiger partial charge >= 0.3 is 5.97 Å². The molecule has 2 amide bonds. The van der Waals surface area contributed by atoms with Crippen molar-refractivity contribution in [2.24, 2.45) is 5.92 Å². The average molecular weight is 584 g/mol. The lowest BCUT2D eigenvalue weighted by molar-refractivity contribution is -0.384. The Morgan fingerprint density at radius 1 is 0.884 bits per heavy atom. The van der Waals surface area contributed by atoms with Crippen molar-refractivity contribution < 1.29 is 38.0 Å². The van der Waals surface area contributed by atoms with Crippen LogP contribution >= 0.6 is 0 Å². The summed E-state index contributed by atoms with van der Waals surface area (Å²) in [7, 11) is 1.39. The Kier molecular flexibility index (Phi) is 7.04. The third-order valence-electron chi connectivity index (χ3n) is 7.26. The Bertz CT molecular complexity index is 1730. The number of nitro benzene ring substituents is 1. The van der Waals surface area contributed by atoms with Gasteiger partial charge in [-0.1, -0.05) is 24.3 Å². The highest BCUT2D eigenvalue weighted by Gasteiger charge is 2.60. The van der Waals surface area contributed by atoms with Gasteiger partial charge in [0.15, 0.2) is 17.6 Å². The number of hydroxylamine groups is 1. The molecule has 0 N–H and O–H groups in total. The van der Waals surface area contributed by atoms with E-state index < -0.39 is 46.6 Å². The fourth-order valence-electron chi connectivity index (χ4n) is 5.23. The molecule has 2 aliphatic heterocycles. The fraction of sp³-hybridized carbons (Fsp3) is 0.129. The van der Waals surface area contributed by atoms with Gasteiger partial charge in [0.2, 0.25) is 5.91 Å². The number of esters is 1. The topological polar surface area (TPSA) is 129 Å². The molecule has 2 heterocycles. The van der Waals surface area contributed by atoms with E-state index in [2.05, 4.69) is 0 Å². The van der Waals surface area contributed by atoms with Crippen LogP contribution in [0.4, 0.5) is 21.5 Å². The van der Waals surface area contributed by atoms with E-state index >= 15 is 0 Å². The highest BCUT2D eigenvalue weighted by atomic mass is 19.1. The number of rotatable bonds is 7. The number of anilines is 2. The number of methoxy groups -OCH3 is 1. The number of para-hydroxylation sites is 1. The number of carbonyl (C=O) groups excluding carboxylic acids is 3. The second-order valence-electron chi connectivity index (χ2n) is 9.75. The highest BCUT2D eigenvalue weighted by molar-refractivity contribution is 6.24. The van der Waals surface area contributed by atoms with Crippen molar-refractivity contribution in [2.75, 3.05) is 17.1 Å². The van der Waals surface area contributed by atoms with Crippen LogP contribution in [0, 0.1) is 21.8 Å². The van der Waals surface area contributed by atoms with Gasteiger partial charge < -0.3 is 9.47 Å². The number of nitro groups is 1. The van der Waals surface area contributed by atoms with Crippen LogP contribution in [0.2, 0.25) is 0 Å². The van der Waals surface area contributed by atoms with E-state index in [4.69, 9.17) is 14.3 Å². The second kappa shape index (κ2) is 11.0. The molecule has 0 aromatic heterocycles. The molecule has 0 bridgehead atoms. The standard InChI is InChI=1S/C31H22FN3O8/c1-41-25-17-19(9-16-24(25)42-31(38)18-7-10-20(32)11-8-18)27-26-28(43-34(27)22-5-3-2-4-6-22)30(37)33(29(26)36)21-12-14-23(15-13-21)35(39)40/h2-17,26-28H,1H3/t26-,27-,28-/m0/s1. The smallest absolute Gasteiger partial charge is 0.343 e. The molecule has 2 fully saturated rings. The minimum Gasteiger partial charge on any atom is -0.493 e. The predicted molar refractivity (Wildman–Crippen MR) is 150 cm³/mol. The van der Waals surface area contributed by atoms with Gasteiger partial charge in [0.1, 0.15) is 11.7 Å². The summed E-state index contributed by atoms with van der Waals surface area (Å²) < 4.78 is 24.3. The molecule has 0 aliphatic carbocycles. The molecule has 0 radical (unpaired) electrons. The quantitative estimate of drug-likeness (QED) is 0.0969. The molecule has 11 nitrogen and oxygen atoms in total. The number of carbonyl (C=O) groups is 3. The fourth-order valence-corrected chi connectivity index (χ4v) is 5.23. The first-order valence-electron chi connectivity index (χ1n) is 13.1. The number of hydrogen-bond donors (Lipinski definition) is 0. The summed E-state index contributed by atoms with van der Waals surface area (Å²) in [6.07, 6.45) is -1.17. The van der Waals surface area contributed by atoms with Crippen LogP contribution in [0.5, 0.6) is 11.5 Å². The summed E-state index contributed by atoms with van der Waals surface area (Å²) in [5.74, 6) is -3.10. The van der Waals surface area contributed by atoms with Gasteiger partial charge in [0.05, 0.1) is 35.0 Å². The van der Waals surface area contributed by atoms with E-state index in [0.717, 1.165) is 17.0 Å². The molecule has 6 rings (SSSR count). The molecule has 43 heavy (non-hydrogen) atoms. The minimum absolute atomic E-state index is 0.0867. The van der Waals surface area contributed by atoms with Gasteiger partial charge in [-0.25, -0.2) is 19.1 Å². The Labute approximate surface area is 243 Å². The zero-order valence-electron chi connectivity index (χ0n) is 22.5. The lowest BCUT2D eigenvalue weighted by atomic mass is 9.90. The van der Waals surface area contributed by atoms with Crippen molar-refractivity contribution in [3.63, 3.8) is 0 Å². The third-order valence-corrected chi connectivity index (χ3v) is 7.26. The van der Waals surface area contributed by atoms with E-state index in [1.165, 1.54) is 54.6 Å². The largest absolute Gasteiger partial charge is 0.493 e. The number of benzene rings is 4. The van der Waals surface area contributed by atoms with E-state index in [-0.39, 0.29) is 28.4 Å². The van der Waals surface area contributed by atoms with Crippen molar-refractivity contribution >= 4 is 34.8 Å². The number of non-ortho nitro benzene ring substituents is 1. The molecule has 0 unspecified atom stereocenters. The Hall–Kier alpha value is -5.62. The van der Waals surface area contributed by atoms with Crippen molar-refractivity contribution in [3.05, 3.63) is 124 Å². The molecular formula is C31H22FN3O8. The van der Waals surface area contributed by atoms with E-state index in [0.29, 0.717) is 11.3 Å². The first kappa shape index (κ1) is 27.5. The maximum Gasteiger partial charge on any atom is 0.343 e. The van der Waals surface area contributed by atoms with Crippen LogP contribution in [0.15, 0.2) is 97.1 Å². The number of ether oxygens (including phenoxy) is 2. The molecular weight excluding hydrogens is 561 g/mol. The summed E-state index contributed by atoms with van der Waals surface area (Å²) in [5.41, 5.74) is 1.26. The van der Waals surface area contributed by atoms with E-state index in [9.17, 15) is 28.9 Å². The molecule has 12 heteroatoms. The first-order valence-corrected chi connectivity index (χ1v) is 13.1. The maximum absolute atomic E-state index is 13.9. The van der Waals surface area contributed by atoms with Crippen molar-refractivity contribution in [1.82, 2.24) is 0 Å². The number of imide groups is 1. The van der Waals surface area contributed by atoms with Crippen LogP contribution in [0.3, 0.4) is 0 Å². The Balaban J connectivity index is 1.36. The molecule has 3 atom stereocenters. The van der Waals surface area contributed by atoms with E-state index in [1.54, 1.807) is 36.4 Å². The zero-order valence-corrected chi connectivity index (χ0v) is 22.5. The van der Waals surface area contributed by atoms with Gasteiger partial charge in [-0.3, -0.25) is 24.5 Å². The predicted octanol–water partition coefficient (Wildman–Crippen LogP) is 5.01. The number of hydrogen-bond acceptors (Lipinski definition) is 9. The van der Waals surface area contributed by atoms with Crippen LogP contribution in [-0.4, -0.2) is 35.9 Å². The van der Waals surface area contributed by atoms with Crippen LogP contribution in [-0.2, 0) is 14.4 Å². The highest BCUT2D eigenvalue weighted by Crippen LogP contribution is 2.48. The summed E-state index contributed by atoms with van der Waals surface area (Å²) in [6.45, 7) is 0. The molecule has 4 aromatic carbocycles. The Morgan fingerprint density at radius 2 is 1.58 bits per heavy atom. The summed E-state index contributed by atoms with van der Waals surface area (Å²) in [6, 6.07) is 22.8. The summed E-state index contributed by atoms with van der Waals surface area (Å²) in [5, 5.41) is 12.6. The van der Waals surface area contributed by atoms with Gasteiger partial charge in [0.25, 0.3) is 11.6 Å².